The number of fused-ring (bicyclic) bond motifs is 2. The van der Waals surface area contributed by atoms with Crippen molar-refractivity contribution in [1.29, 1.82) is 0 Å². The van der Waals surface area contributed by atoms with Gasteiger partial charge >= 0.3 is 0 Å². The lowest BCUT2D eigenvalue weighted by molar-refractivity contribution is -0.121. The Hall–Kier alpha value is -1.51. The second kappa shape index (κ2) is 4.63. The van der Waals surface area contributed by atoms with E-state index in [9.17, 15) is 4.79 Å². The molecule has 0 aromatic heterocycles. The van der Waals surface area contributed by atoms with Crippen molar-refractivity contribution < 1.29 is 4.79 Å². The van der Waals surface area contributed by atoms with Gasteiger partial charge in [-0.2, -0.15) is 0 Å². The first-order valence-corrected chi connectivity index (χ1v) is 6.84. The minimum atomic E-state index is 0.137. The van der Waals surface area contributed by atoms with Crippen molar-refractivity contribution in [2.45, 2.75) is 38.1 Å². The SMILES string of the molecule is Nc1cccc(CC(=O)N[C@H]2C[C@H]3CC[C@H]2C3)c1. The average molecular weight is 244 g/mol. The van der Waals surface area contributed by atoms with Gasteiger partial charge in [0.2, 0.25) is 5.91 Å². The van der Waals surface area contributed by atoms with Crippen LogP contribution in [0.5, 0.6) is 0 Å². The second-order valence-corrected chi connectivity index (χ2v) is 5.77. The summed E-state index contributed by atoms with van der Waals surface area (Å²) in [6.07, 6.45) is 5.62. The van der Waals surface area contributed by atoms with Crippen LogP contribution in [0.2, 0.25) is 0 Å². The minimum Gasteiger partial charge on any atom is -0.399 e. The molecule has 0 spiro atoms. The van der Waals surface area contributed by atoms with Gasteiger partial charge in [-0.05, 0) is 48.8 Å². The number of benzene rings is 1. The summed E-state index contributed by atoms with van der Waals surface area (Å²) in [6, 6.07) is 8.00. The molecule has 1 aromatic rings. The summed E-state index contributed by atoms with van der Waals surface area (Å²) in [5.74, 6) is 1.74. The highest BCUT2D eigenvalue weighted by Gasteiger charge is 2.39. The fourth-order valence-corrected chi connectivity index (χ4v) is 3.57. The maximum atomic E-state index is 12.0. The number of nitrogens with two attached hydrogens (primary N) is 1. The Kier molecular flexibility index (Phi) is 2.98. The zero-order valence-electron chi connectivity index (χ0n) is 10.6. The molecule has 2 aliphatic carbocycles. The molecule has 0 unspecified atom stereocenters. The lowest BCUT2D eigenvalue weighted by Gasteiger charge is -2.22. The Morgan fingerprint density at radius 3 is 2.89 bits per heavy atom. The first kappa shape index (κ1) is 11.6. The summed E-state index contributed by atoms with van der Waals surface area (Å²) >= 11 is 0. The van der Waals surface area contributed by atoms with Crippen LogP contribution in [-0.2, 0) is 11.2 Å². The van der Waals surface area contributed by atoms with Crippen molar-refractivity contribution in [2.75, 3.05) is 5.73 Å². The molecule has 1 amide bonds. The van der Waals surface area contributed by atoms with Crippen molar-refractivity contribution in [2.24, 2.45) is 11.8 Å². The molecule has 2 fully saturated rings. The lowest BCUT2D eigenvalue weighted by atomic mass is 9.95. The van der Waals surface area contributed by atoms with E-state index in [1.165, 1.54) is 25.7 Å². The lowest BCUT2D eigenvalue weighted by Crippen LogP contribution is -2.39. The molecule has 96 valence electrons. The molecule has 0 radical (unpaired) electrons. The maximum Gasteiger partial charge on any atom is 0.224 e. The Morgan fingerprint density at radius 1 is 1.33 bits per heavy atom. The summed E-state index contributed by atoms with van der Waals surface area (Å²) in [4.78, 5) is 12.0. The third-order valence-electron chi connectivity index (χ3n) is 4.40. The van der Waals surface area contributed by atoms with E-state index in [0.717, 1.165) is 23.1 Å². The van der Waals surface area contributed by atoms with Crippen LogP contribution < -0.4 is 11.1 Å². The molecular weight excluding hydrogens is 224 g/mol. The maximum absolute atomic E-state index is 12.0. The van der Waals surface area contributed by atoms with Crippen LogP contribution in [0.15, 0.2) is 24.3 Å². The molecule has 3 nitrogen and oxygen atoms in total. The smallest absolute Gasteiger partial charge is 0.224 e. The predicted octanol–water partition coefficient (Wildman–Crippen LogP) is 2.12. The van der Waals surface area contributed by atoms with E-state index in [1.54, 1.807) is 0 Å². The van der Waals surface area contributed by atoms with Crippen molar-refractivity contribution in [3.8, 4) is 0 Å². The van der Waals surface area contributed by atoms with Crippen molar-refractivity contribution in [3.05, 3.63) is 29.8 Å². The number of anilines is 1. The molecule has 2 saturated carbocycles. The summed E-state index contributed by atoms with van der Waals surface area (Å²) < 4.78 is 0. The van der Waals surface area contributed by atoms with Crippen LogP contribution in [0.1, 0.15) is 31.2 Å². The van der Waals surface area contributed by atoms with Gasteiger partial charge in [-0.3, -0.25) is 4.79 Å². The van der Waals surface area contributed by atoms with Crippen LogP contribution in [0.4, 0.5) is 5.69 Å². The number of rotatable bonds is 3. The number of hydrogen-bond donors (Lipinski definition) is 2. The van der Waals surface area contributed by atoms with E-state index in [0.29, 0.717) is 12.5 Å². The van der Waals surface area contributed by atoms with Gasteiger partial charge in [0.1, 0.15) is 0 Å². The molecular formula is C15H20N2O. The van der Waals surface area contributed by atoms with Crippen LogP contribution in [0.25, 0.3) is 0 Å². The number of carbonyl (C=O) groups excluding carboxylic acids is 1. The van der Waals surface area contributed by atoms with Gasteiger partial charge in [0.15, 0.2) is 0 Å². The quantitative estimate of drug-likeness (QED) is 0.800. The Balaban J connectivity index is 1.56. The van der Waals surface area contributed by atoms with Crippen LogP contribution in [0, 0.1) is 11.8 Å². The van der Waals surface area contributed by atoms with Gasteiger partial charge in [0.25, 0.3) is 0 Å². The highest BCUT2D eigenvalue weighted by Crippen LogP contribution is 2.44. The van der Waals surface area contributed by atoms with Crippen molar-refractivity contribution in [3.63, 3.8) is 0 Å². The molecule has 2 bridgehead atoms. The molecule has 3 rings (SSSR count). The third-order valence-corrected chi connectivity index (χ3v) is 4.40. The van der Waals surface area contributed by atoms with Gasteiger partial charge in [-0.1, -0.05) is 18.6 Å². The monoisotopic (exact) mass is 244 g/mol. The number of carbonyl (C=O) groups is 1. The number of nitrogen functional groups attached to an aromatic ring is 1. The zero-order chi connectivity index (χ0) is 12.5. The molecule has 1 aromatic carbocycles. The fourth-order valence-electron chi connectivity index (χ4n) is 3.57. The highest BCUT2D eigenvalue weighted by atomic mass is 16.1. The molecule has 0 aliphatic heterocycles. The van der Waals surface area contributed by atoms with Crippen molar-refractivity contribution >= 4 is 11.6 Å². The van der Waals surface area contributed by atoms with Gasteiger partial charge in [-0.15, -0.1) is 0 Å². The Morgan fingerprint density at radius 2 is 2.22 bits per heavy atom. The normalized spacial score (nSPS) is 29.4. The molecule has 0 saturated heterocycles. The van der Waals surface area contributed by atoms with E-state index < -0.39 is 0 Å². The van der Waals surface area contributed by atoms with Crippen LogP contribution in [-0.4, -0.2) is 11.9 Å². The van der Waals surface area contributed by atoms with Gasteiger partial charge in [0, 0.05) is 11.7 Å². The topological polar surface area (TPSA) is 55.1 Å². The zero-order valence-corrected chi connectivity index (χ0v) is 10.6. The average Bonchev–Trinajstić information content (AvgIpc) is 2.90. The van der Waals surface area contributed by atoms with E-state index in [4.69, 9.17) is 5.73 Å². The van der Waals surface area contributed by atoms with Gasteiger partial charge < -0.3 is 11.1 Å². The molecule has 3 atom stereocenters. The van der Waals surface area contributed by atoms with Crippen LogP contribution in [0.3, 0.4) is 0 Å². The molecule has 2 aliphatic rings. The predicted molar refractivity (Wildman–Crippen MR) is 71.9 cm³/mol. The van der Waals surface area contributed by atoms with E-state index >= 15 is 0 Å². The van der Waals surface area contributed by atoms with Crippen molar-refractivity contribution in [1.82, 2.24) is 5.32 Å². The van der Waals surface area contributed by atoms with E-state index in [-0.39, 0.29) is 5.91 Å². The Labute approximate surface area is 108 Å². The summed E-state index contributed by atoms with van der Waals surface area (Å²) in [5, 5.41) is 3.20. The van der Waals surface area contributed by atoms with E-state index in [2.05, 4.69) is 5.32 Å². The van der Waals surface area contributed by atoms with Gasteiger partial charge in [0.05, 0.1) is 6.42 Å². The van der Waals surface area contributed by atoms with Gasteiger partial charge in [-0.25, -0.2) is 0 Å². The second-order valence-electron chi connectivity index (χ2n) is 5.77. The van der Waals surface area contributed by atoms with E-state index in [1.807, 2.05) is 24.3 Å². The summed E-state index contributed by atoms with van der Waals surface area (Å²) in [6.45, 7) is 0. The fraction of sp³-hybridized carbons (Fsp3) is 0.533. The molecule has 18 heavy (non-hydrogen) atoms. The third kappa shape index (κ3) is 2.35. The summed E-state index contributed by atoms with van der Waals surface area (Å²) in [7, 11) is 0. The minimum absolute atomic E-state index is 0.137. The standard InChI is InChI=1S/C15H20N2O/c16-13-3-1-2-10(7-13)9-15(18)17-14-8-11-4-5-12(14)6-11/h1-3,7,11-12,14H,4-6,8-9,16H2,(H,17,18)/t11-,12-,14-/m0/s1. The summed E-state index contributed by atoms with van der Waals surface area (Å²) in [5.41, 5.74) is 7.43. The molecule has 3 N–H and O–H groups in total. The first-order valence-electron chi connectivity index (χ1n) is 6.84. The Bertz CT molecular complexity index is 458. The number of nitrogens with one attached hydrogen (secondary N) is 1. The molecule has 0 heterocycles. The first-order chi connectivity index (χ1) is 8.70. The molecule has 3 heteroatoms. The highest BCUT2D eigenvalue weighted by molar-refractivity contribution is 5.79. The van der Waals surface area contributed by atoms with Crippen LogP contribution >= 0.6 is 0 Å². The number of hydrogen-bond acceptors (Lipinski definition) is 2. The number of amides is 1. The largest absolute Gasteiger partial charge is 0.399 e.